The van der Waals surface area contributed by atoms with E-state index in [9.17, 15) is 9.59 Å². The van der Waals surface area contributed by atoms with Crippen LogP contribution in [-0.4, -0.2) is 22.4 Å². The van der Waals surface area contributed by atoms with Crippen molar-refractivity contribution in [3.05, 3.63) is 47.8 Å². The number of ketones is 1. The molecule has 16 heavy (non-hydrogen) atoms. The van der Waals surface area contributed by atoms with E-state index in [1.807, 2.05) is 6.07 Å². The SMILES string of the molecule is O=CNc1c[nH]nc1C(=O)c1ccccc1. The second kappa shape index (κ2) is 4.39. The molecule has 0 saturated carbocycles. The average Bonchev–Trinajstić information content (AvgIpc) is 2.78. The third-order valence-corrected chi connectivity index (χ3v) is 2.11. The molecule has 2 aromatic rings. The number of H-pyrrole nitrogens is 1. The first kappa shape index (κ1) is 10.1. The van der Waals surface area contributed by atoms with E-state index in [0.29, 0.717) is 17.7 Å². The van der Waals surface area contributed by atoms with Crippen molar-refractivity contribution in [1.82, 2.24) is 10.2 Å². The Morgan fingerprint density at radius 1 is 1.31 bits per heavy atom. The number of rotatable bonds is 4. The molecular weight excluding hydrogens is 206 g/mol. The minimum atomic E-state index is -0.230. The highest BCUT2D eigenvalue weighted by atomic mass is 16.1. The van der Waals surface area contributed by atoms with Gasteiger partial charge in [-0.15, -0.1) is 0 Å². The highest BCUT2D eigenvalue weighted by molar-refractivity contribution is 6.11. The van der Waals surface area contributed by atoms with Crippen molar-refractivity contribution in [2.75, 3.05) is 5.32 Å². The normalized spacial score (nSPS) is 9.75. The van der Waals surface area contributed by atoms with Crippen LogP contribution in [0.3, 0.4) is 0 Å². The first-order valence-electron chi connectivity index (χ1n) is 4.66. The van der Waals surface area contributed by atoms with Crippen molar-refractivity contribution < 1.29 is 9.59 Å². The zero-order valence-corrected chi connectivity index (χ0v) is 8.31. The van der Waals surface area contributed by atoms with Gasteiger partial charge in [-0.25, -0.2) is 0 Å². The predicted molar refractivity (Wildman–Crippen MR) is 58.1 cm³/mol. The lowest BCUT2D eigenvalue weighted by molar-refractivity contribution is -0.105. The van der Waals surface area contributed by atoms with Gasteiger partial charge >= 0.3 is 0 Å². The molecule has 1 heterocycles. The monoisotopic (exact) mass is 215 g/mol. The molecular formula is C11H9N3O2. The van der Waals surface area contributed by atoms with Crippen molar-refractivity contribution in [2.45, 2.75) is 0 Å². The number of carbonyl (C=O) groups is 2. The summed E-state index contributed by atoms with van der Waals surface area (Å²) in [5.74, 6) is -0.230. The van der Waals surface area contributed by atoms with Crippen molar-refractivity contribution in [3.8, 4) is 0 Å². The van der Waals surface area contributed by atoms with Gasteiger partial charge in [0.15, 0.2) is 5.69 Å². The summed E-state index contributed by atoms with van der Waals surface area (Å²) >= 11 is 0. The summed E-state index contributed by atoms with van der Waals surface area (Å²) in [5, 5.41) is 8.77. The summed E-state index contributed by atoms with van der Waals surface area (Å²) in [7, 11) is 0. The Balaban J connectivity index is 2.34. The number of benzene rings is 1. The maximum absolute atomic E-state index is 12.0. The topological polar surface area (TPSA) is 74.8 Å². The maximum atomic E-state index is 12.0. The van der Waals surface area contributed by atoms with Gasteiger partial charge in [-0.05, 0) is 0 Å². The van der Waals surface area contributed by atoms with Gasteiger partial charge in [-0.1, -0.05) is 30.3 Å². The van der Waals surface area contributed by atoms with Gasteiger partial charge in [0.05, 0.1) is 5.69 Å². The molecule has 0 saturated heterocycles. The fraction of sp³-hybridized carbons (Fsp3) is 0. The fourth-order valence-corrected chi connectivity index (χ4v) is 1.36. The molecule has 0 bridgehead atoms. The minimum Gasteiger partial charge on any atom is -0.325 e. The number of carbonyl (C=O) groups excluding carboxylic acids is 2. The highest BCUT2D eigenvalue weighted by Gasteiger charge is 2.15. The lowest BCUT2D eigenvalue weighted by atomic mass is 10.1. The maximum Gasteiger partial charge on any atom is 0.215 e. The van der Waals surface area contributed by atoms with Crippen molar-refractivity contribution >= 4 is 17.9 Å². The molecule has 1 aromatic carbocycles. The Hall–Kier alpha value is -2.43. The molecule has 5 heteroatoms. The smallest absolute Gasteiger partial charge is 0.215 e. The van der Waals surface area contributed by atoms with E-state index in [-0.39, 0.29) is 11.5 Å². The van der Waals surface area contributed by atoms with E-state index in [2.05, 4.69) is 15.5 Å². The Labute approximate surface area is 91.5 Å². The van der Waals surface area contributed by atoms with Gasteiger partial charge < -0.3 is 5.32 Å². The van der Waals surface area contributed by atoms with E-state index >= 15 is 0 Å². The summed E-state index contributed by atoms with van der Waals surface area (Å²) in [6.45, 7) is 0. The lowest BCUT2D eigenvalue weighted by Crippen LogP contribution is -2.06. The van der Waals surface area contributed by atoms with Crippen LogP contribution in [0.5, 0.6) is 0 Å². The molecule has 1 aromatic heterocycles. The van der Waals surface area contributed by atoms with E-state index in [1.54, 1.807) is 24.3 Å². The van der Waals surface area contributed by atoms with Crippen LogP contribution >= 0.6 is 0 Å². The molecule has 1 amide bonds. The predicted octanol–water partition coefficient (Wildman–Crippen LogP) is 1.21. The molecule has 0 aliphatic carbocycles. The zero-order chi connectivity index (χ0) is 11.4. The van der Waals surface area contributed by atoms with Gasteiger partial charge in [0, 0.05) is 11.8 Å². The van der Waals surface area contributed by atoms with E-state index in [4.69, 9.17) is 0 Å². The molecule has 0 unspecified atom stereocenters. The number of aromatic amines is 1. The van der Waals surface area contributed by atoms with Crippen molar-refractivity contribution in [2.24, 2.45) is 0 Å². The number of hydrogen-bond acceptors (Lipinski definition) is 3. The highest BCUT2D eigenvalue weighted by Crippen LogP contribution is 2.15. The van der Waals surface area contributed by atoms with E-state index < -0.39 is 0 Å². The third-order valence-electron chi connectivity index (χ3n) is 2.11. The molecule has 0 aliphatic heterocycles. The van der Waals surface area contributed by atoms with Crippen LogP contribution < -0.4 is 5.32 Å². The molecule has 0 aliphatic rings. The van der Waals surface area contributed by atoms with Crippen LogP contribution in [0.2, 0.25) is 0 Å². The van der Waals surface area contributed by atoms with Crippen LogP contribution in [0.25, 0.3) is 0 Å². The standard InChI is InChI=1S/C11H9N3O2/c15-7-12-9-6-13-14-10(9)11(16)8-4-2-1-3-5-8/h1-7H,(H,12,15)(H,13,14). The van der Waals surface area contributed by atoms with Gasteiger partial charge in [-0.2, -0.15) is 5.10 Å². The second-order valence-corrected chi connectivity index (χ2v) is 3.10. The molecule has 5 nitrogen and oxygen atoms in total. The number of anilines is 1. The number of nitrogens with zero attached hydrogens (tertiary/aromatic N) is 1. The molecule has 0 radical (unpaired) electrons. The first-order chi connectivity index (χ1) is 7.83. The lowest BCUT2D eigenvalue weighted by Gasteiger charge is -1.99. The third kappa shape index (κ3) is 1.83. The molecule has 2 N–H and O–H groups in total. The minimum absolute atomic E-state index is 0.207. The van der Waals surface area contributed by atoms with E-state index in [0.717, 1.165) is 0 Å². The summed E-state index contributed by atoms with van der Waals surface area (Å²) < 4.78 is 0. The Bertz CT molecular complexity index is 505. The average molecular weight is 215 g/mol. The first-order valence-corrected chi connectivity index (χ1v) is 4.66. The number of aromatic nitrogens is 2. The van der Waals surface area contributed by atoms with Crippen LogP contribution in [0.1, 0.15) is 16.1 Å². The largest absolute Gasteiger partial charge is 0.325 e. The molecule has 80 valence electrons. The summed E-state index contributed by atoms with van der Waals surface area (Å²) in [5.41, 5.74) is 1.12. The molecule has 0 atom stereocenters. The summed E-state index contributed by atoms with van der Waals surface area (Å²) in [4.78, 5) is 22.3. The van der Waals surface area contributed by atoms with E-state index in [1.165, 1.54) is 6.20 Å². The molecule has 0 fully saturated rings. The summed E-state index contributed by atoms with van der Waals surface area (Å²) in [6, 6.07) is 8.76. The molecule has 0 spiro atoms. The zero-order valence-electron chi connectivity index (χ0n) is 8.31. The number of amides is 1. The summed E-state index contributed by atoms with van der Waals surface area (Å²) in [6.07, 6.45) is 1.97. The Morgan fingerprint density at radius 3 is 2.75 bits per heavy atom. The van der Waals surface area contributed by atoms with Gasteiger partial charge in [0.2, 0.25) is 12.2 Å². The van der Waals surface area contributed by atoms with Gasteiger partial charge in [-0.3, -0.25) is 14.7 Å². The van der Waals surface area contributed by atoms with Crippen LogP contribution in [0.15, 0.2) is 36.5 Å². The number of nitrogens with one attached hydrogen (secondary N) is 2. The second-order valence-electron chi connectivity index (χ2n) is 3.10. The Kier molecular flexibility index (Phi) is 2.77. The van der Waals surface area contributed by atoms with Crippen molar-refractivity contribution in [1.29, 1.82) is 0 Å². The van der Waals surface area contributed by atoms with Crippen LogP contribution in [-0.2, 0) is 4.79 Å². The van der Waals surface area contributed by atoms with Crippen LogP contribution in [0.4, 0.5) is 5.69 Å². The van der Waals surface area contributed by atoms with Crippen LogP contribution in [0, 0.1) is 0 Å². The van der Waals surface area contributed by atoms with Gasteiger partial charge in [0.1, 0.15) is 0 Å². The number of hydrogen-bond donors (Lipinski definition) is 2. The van der Waals surface area contributed by atoms with Crippen molar-refractivity contribution in [3.63, 3.8) is 0 Å². The molecule has 2 rings (SSSR count). The fourth-order valence-electron chi connectivity index (χ4n) is 1.36. The quantitative estimate of drug-likeness (QED) is 0.594. The Morgan fingerprint density at radius 2 is 2.06 bits per heavy atom. The van der Waals surface area contributed by atoms with Gasteiger partial charge in [0.25, 0.3) is 0 Å².